The normalized spacial score (nSPS) is 15.7. The molecule has 0 atom stereocenters. The third kappa shape index (κ3) is 4.39. The summed E-state index contributed by atoms with van der Waals surface area (Å²) in [4.78, 5) is 0. The molecule has 0 saturated heterocycles. The predicted octanol–water partition coefficient (Wildman–Crippen LogP) is 3.62. The number of nitrogens with one attached hydrogen (secondary N) is 1. The first-order valence-corrected chi connectivity index (χ1v) is 7.76. The monoisotopic (exact) mass is 327 g/mol. The molecule has 0 aliphatic heterocycles. The lowest BCUT2D eigenvalue weighted by Crippen LogP contribution is -2.26. The molecule has 0 spiro atoms. The molecule has 0 bridgehead atoms. The van der Waals surface area contributed by atoms with E-state index in [0.29, 0.717) is 6.61 Å². The minimum Gasteiger partial charge on any atom is -0.493 e. The van der Waals surface area contributed by atoms with Crippen molar-refractivity contribution in [2.24, 2.45) is 5.92 Å². The SMILES string of the molecule is COc1cccc(Br)c1OCCNCC1CCCC1. The number of methoxy groups -OCH3 is 1. The van der Waals surface area contributed by atoms with Crippen LogP contribution in [0.3, 0.4) is 0 Å². The zero-order chi connectivity index (χ0) is 13.5. The Balaban J connectivity index is 1.70. The van der Waals surface area contributed by atoms with E-state index in [1.165, 1.54) is 25.7 Å². The summed E-state index contributed by atoms with van der Waals surface area (Å²) in [7, 11) is 1.66. The molecule has 0 radical (unpaired) electrons. The van der Waals surface area contributed by atoms with Gasteiger partial charge in [0.15, 0.2) is 11.5 Å². The maximum absolute atomic E-state index is 5.79. The highest BCUT2D eigenvalue weighted by atomic mass is 79.9. The fourth-order valence-electron chi connectivity index (χ4n) is 2.54. The van der Waals surface area contributed by atoms with Crippen LogP contribution in [-0.2, 0) is 0 Å². The summed E-state index contributed by atoms with van der Waals surface area (Å²) in [6.07, 6.45) is 5.56. The summed E-state index contributed by atoms with van der Waals surface area (Å²) in [6.45, 7) is 2.66. The summed E-state index contributed by atoms with van der Waals surface area (Å²) in [5.41, 5.74) is 0. The van der Waals surface area contributed by atoms with Gasteiger partial charge in [0.2, 0.25) is 0 Å². The Morgan fingerprint density at radius 2 is 2.11 bits per heavy atom. The van der Waals surface area contributed by atoms with Crippen LogP contribution in [0.1, 0.15) is 25.7 Å². The Labute approximate surface area is 123 Å². The zero-order valence-electron chi connectivity index (χ0n) is 11.5. The van der Waals surface area contributed by atoms with Crippen molar-refractivity contribution >= 4 is 15.9 Å². The summed E-state index contributed by atoms with van der Waals surface area (Å²) >= 11 is 3.49. The molecule has 106 valence electrons. The summed E-state index contributed by atoms with van der Waals surface area (Å²) in [5.74, 6) is 2.43. The fraction of sp³-hybridized carbons (Fsp3) is 0.600. The van der Waals surface area contributed by atoms with Gasteiger partial charge in [-0.3, -0.25) is 0 Å². The Bertz CT molecular complexity index is 392. The largest absolute Gasteiger partial charge is 0.493 e. The summed E-state index contributed by atoms with van der Waals surface area (Å²) in [5, 5.41) is 3.47. The van der Waals surface area contributed by atoms with Gasteiger partial charge in [0.25, 0.3) is 0 Å². The maximum atomic E-state index is 5.79. The van der Waals surface area contributed by atoms with E-state index >= 15 is 0 Å². The van der Waals surface area contributed by atoms with E-state index < -0.39 is 0 Å². The van der Waals surface area contributed by atoms with Crippen molar-refractivity contribution in [1.82, 2.24) is 5.32 Å². The average molecular weight is 328 g/mol. The molecule has 1 N–H and O–H groups in total. The second-order valence-corrected chi connectivity index (χ2v) is 5.83. The van der Waals surface area contributed by atoms with Gasteiger partial charge in [-0.25, -0.2) is 0 Å². The highest BCUT2D eigenvalue weighted by Crippen LogP contribution is 2.34. The second kappa shape index (κ2) is 7.75. The van der Waals surface area contributed by atoms with Crippen LogP contribution in [0, 0.1) is 5.92 Å². The van der Waals surface area contributed by atoms with Crippen LogP contribution in [0.15, 0.2) is 22.7 Å². The molecule has 4 heteroatoms. The van der Waals surface area contributed by atoms with Crippen molar-refractivity contribution in [2.75, 3.05) is 26.8 Å². The van der Waals surface area contributed by atoms with E-state index in [1.54, 1.807) is 7.11 Å². The summed E-state index contributed by atoms with van der Waals surface area (Å²) < 4.78 is 12.0. The molecule has 1 aliphatic carbocycles. The lowest BCUT2D eigenvalue weighted by molar-refractivity contribution is 0.287. The third-order valence-electron chi connectivity index (χ3n) is 3.58. The van der Waals surface area contributed by atoms with Crippen molar-refractivity contribution in [3.05, 3.63) is 22.7 Å². The molecule has 1 fully saturated rings. The van der Waals surface area contributed by atoms with Crippen molar-refractivity contribution in [1.29, 1.82) is 0 Å². The van der Waals surface area contributed by atoms with Crippen molar-refractivity contribution in [3.63, 3.8) is 0 Å². The van der Waals surface area contributed by atoms with E-state index in [1.807, 2.05) is 18.2 Å². The van der Waals surface area contributed by atoms with E-state index in [0.717, 1.165) is 35.0 Å². The minimum atomic E-state index is 0.658. The molecule has 0 amide bonds. The molecule has 1 aliphatic rings. The molecule has 0 aromatic heterocycles. The van der Waals surface area contributed by atoms with Crippen molar-refractivity contribution < 1.29 is 9.47 Å². The molecule has 0 unspecified atom stereocenters. The molecule has 1 aromatic carbocycles. The van der Waals surface area contributed by atoms with E-state index in [9.17, 15) is 0 Å². The molecule has 2 rings (SSSR count). The zero-order valence-corrected chi connectivity index (χ0v) is 13.0. The van der Waals surface area contributed by atoms with Crippen molar-refractivity contribution in [3.8, 4) is 11.5 Å². The van der Waals surface area contributed by atoms with Gasteiger partial charge < -0.3 is 14.8 Å². The van der Waals surface area contributed by atoms with Gasteiger partial charge in [-0.2, -0.15) is 0 Å². The molecular formula is C15H22BrNO2. The van der Waals surface area contributed by atoms with Crippen LogP contribution in [0.2, 0.25) is 0 Å². The second-order valence-electron chi connectivity index (χ2n) is 4.97. The first kappa shape index (κ1) is 14.7. The van der Waals surface area contributed by atoms with Crippen LogP contribution < -0.4 is 14.8 Å². The van der Waals surface area contributed by atoms with Gasteiger partial charge in [0.1, 0.15) is 6.61 Å². The van der Waals surface area contributed by atoms with E-state index in [2.05, 4.69) is 21.2 Å². The molecule has 19 heavy (non-hydrogen) atoms. The number of ether oxygens (including phenoxy) is 2. The highest BCUT2D eigenvalue weighted by molar-refractivity contribution is 9.10. The predicted molar refractivity (Wildman–Crippen MR) is 81.0 cm³/mol. The molecule has 1 aromatic rings. The Morgan fingerprint density at radius 3 is 2.84 bits per heavy atom. The van der Waals surface area contributed by atoms with Gasteiger partial charge in [0.05, 0.1) is 11.6 Å². The molecular weight excluding hydrogens is 306 g/mol. The first-order chi connectivity index (χ1) is 9.31. The third-order valence-corrected chi connectivity index (χ3v) is 4.21. The highest BCUT2D eigenvalue weighted by Gasteiger charge is 2.14. The maximum Gasteiger partial charge on any atom is 0.175 e. The van der Waals surface area contributed by atoms with Crippen LogP contribution in [0.5, 0.6) is 11.5 Å². The number of benzene rings is 1. The van der Waals surface area contributed by atoms with Gasteiger partial charge in [-0.05, 0) is 53.4 Å². The lowest BCUT2D eigenvalue weighted by Gasteiger charge is -2.14. The number of halogens is 1. The quantitative estimate of drug-likeness (QED) is 0.776. The minimum absolute atomic E-state index is 0.658. The van der Waals surface area contributed by atoms with Gasteiger partial charge in [0, 0.05) is 6.54 Å². The smallest absolute Gasteiger partial charge is 0.175 e. The number of para-hydroxylation sites is 1. The number of hydrogen-bond acceptors (Lipinski definition) is 3. The Morgan fingerprint density at radius 1 is 1.32 bits per heavy atom. The lowest BCUT2D eigenvalue weighted by atomic mass is 10.1. The van der Waals surface area contributed by atoms with Crippen molar-refractivity contribution in [2.45, 2.75) is 25.7 Å². The van der Waals surface area contributed by atoms with E-state index in [4.69, 9.17) is 9.47 Å². The van der Waals surface area contributed by atoms with Crippen LogP contribution in [-0.4, -0.2) is 26.8 Å². The average Bonchev–Trinajstić information content (AvgIpc) is 2.93. The summed E-state index contributed by atoms with van der Waals surface area (Å²) in [6, 6.07) is 5.81. The van der Waals surface area contributed by atoms with Crippen LogP contribution >= 0.6 is 15.9 Å². The first-order valence-electron chi connectivity index (χ1n) is 6.97. The van der Waals surface area contributed by atoms with Gasteiger partial charge in [-0.1, -0.05) is 18.9 Å². The fourth-order valence-corrected chi connectivity index (χ4v) is 3.00. The molecule has 0 heterocycles. The Hall–Kier alpha value is -0.740. The van der Waals surface area contributed by atoms with Crippen LogP contribution in [0.25, 0.3) is 0 Å². The topological polar surface area (TPSA) is 30.5 Å². The van der Waals surface area contributed by atoms with Gasteiger partial charge >= 0.3 is 0 Å². The number of rotatable bonds is 7. The van der Waals surface area contributed by atoms with Gasteiger partial charge in [-0.15, -0.1) is 0 Å². The van der Waals surface area contributed by atoms with Crippen LogP contribution in [0.4, 0.5) is 0 Å². The van der Waals surface area contributed by atoms with E-state index in [-0.39, 0.29) is 0 Å². The molecule has 3 nitrogen and oxygen atoms in total. The number of hydrogen-bond donors (Lipinski definition) is 1. The molecule has 1 saturated carbocycles. The standard InChI is InChI=1S/C15H22BrNO2/c1-18-14-8-4-7-13(16)15(14)19-10-9-17-11-12-5-2-3-6-12/h4,7-8,12,17H,2-3,5-6,9-11H2,1H3. The Kier molecular flexibility index (Phi) is 5.98.